The lowest BCUT2D eigenvalue weighted by molar-refractivity contribution is 0.0999. The molecule has 19 heavy (non-hydrogen) atoms. The van der Waals surface area contributed by atoms with Gasteiger partial charge in [0.25, 0.3) is 5.91 Å². The fourth-order valence-electron chi connectivity index (χ4n) is 1.86. The number of amides is 1. The zero-order valence-corrected chi connectivity index (χ0v) is 10.8. The van der Waals surface area contributed by atoms with E-state index in [2.05, 4.69) is 10.3 Å². The summed E-state index contributed by atoms with van der Waals surface area (Å²) in [6, 6.07) is 1.69. The standard InChI is InChI=1S/C14H15N3O2/c1-9-8-11(19-2)17-13(12(9)14(15)18)10-6-4-3-5-7-16-10/h3-8,16H,1-2H3,(H2,15,18). The van der Waals surface area contributed by atoms with Crippen LogP contribution in [0.15, 0.2) is 36.6 Å². The fraction of sp³-hybridized carbons (Fsp3) is 0.143. The summed E-state index contributed by atoms with van der Waals surface area (Å²) in [5.74, 6) is -0.0695. The number of hydrogen-bond acceptors (Lipinski definition) is 4. The van der Waals surface area contributed by atoms with Crippen molar-refractivity contribution in [3.8, 4) is 5.88 Å². The highest BCUT2D eigenvalue weighted by Gasteiger charge is 2.18. The number of primary amides is 1. The van der Waals surface area contributed by atoms with Gasteiger partial charge < -0.3 is 15.8 Å². The maximum Gasteiger partial charge on any atom is 0.251 e. The monoisotopic (exact) mass is 257 g/mol. The molecular formula is C14H15N3O2. The number of aryl methyl sites for hydroxylation is 1. The molecule has 3 N–H and O–H groups in total. The minimum absolute atomic E-state index is 0.392. The highest BCUT2D eigenvalue weighted by atomic mass is 16.5. The SMILES string of the molecule is COc1cc(C)c(C(N)=O)c(C2=CC=CC=CN2)n1. The van der Waals surface area contributed by atoms with Gasteiger partial charge in [0.1, 0.15) is 5.69 Å². The van der Waals surface area contributed by atoms with E-state index >= 15 is 0 Å². The van der Waals surface area contributed by atoms with Crippen molar-refractivity contribution in [3.05, 3.63) is 53.4 Å². The first-order chi connectivity index (χ1) is 9.13. The summed E-state index contributed by atoms with van der Waals surface area (Å²) in [6.07, 6.45) is 9.16. The third kappa shape index (κ3) is 2.65. The second-order valence-corrected chi connectivity index (χ2v) is 4.04. The minimum Gasteiger partial charge on any atom is -0.481 e. The minimum atomic E-state index is -0.512. The van der Waals surface area contributed by atoms with Crippen LogP contribution in [-0.4, -0.2) is 18.0 Å². The van der Waals surface area contributed by atoms with Crippen molar-refractivity contribution in [1.82, 2.24) is 10.3 Å². The van der Waals surface area contributed by atoms with E-state index in [-0.39, 0.29) is 0 Å². The Morgan fingerprint density at radius 3 is 2.84 bits per heavy atom. The maximum absolute atomic E-state index is 11.6. The van der Waals surface area contributed by atoms with Gasteiger partial charge in [-0.1, -0.05) is 12.2 Å². The van der Waals surface area contributed by atoms with Gasteiger partial charge in [0, 0.05) is 12.3 Å². The third-order valence-corrected chi connectivity index (χ3v) is 2.72. The van der Waals surface area contributed by atoms with Crippen LogP contribution in [0.4, 0.5) is 0 Å². The average molecular weight is 257 g/mol. The Balaban J connectivity index is 2.62. The van der Waals surface area contributed by atoms with Crippen LogP contribution in [0.1, 0.15) is 21.6 Å². The molecule has 0 saturated carbocycles. The number of rotatable bonds is 3. The summed E-state index contributed by atoms with van der Waals surface area (Å²) in [5.41, 5.74) is 7.75. The molecule has 0 radical (unpaired) electrons. The molecule has 0 saturated heterocycles. The van der Waals surface area contributed by atoms with Crippen LogP contribution in [-0.2, 0) is 0 Å². The second kappa shape index (κ2) is 5.39. The molecule has 0 atom stereocenters. The van der Waals surface area contributed by atoms with E-state index in [0.717, 1.165) is 5.56 Å². The lowest BCUT2D eigenvalue weighted by Gasteiger charge is -2.13. The smallest absolute Gasteiger partial charge is 0.251 e. The fourth-order valence-corrected chi connectivity index (χ4v) is 1.86. The number of aromatic nitrogens is 1. The Labute approximate surface area is 111 Å². The molecule has 0 aliphatic carbocycles. The van der Waals surface area contributed by atoms with Crippen molar-refractivity contribution in [2.75, 3.05) is 7.11 Å². The number of ether oxygens (including phenoxy) is 1. The highest BCUT2D eigenvalue weighted by Crippen LogP contribution is 2.23. The first-order valence-corrected chi connectivity index (χ1v) is 5.79. The summed E-state index contributed by atoms with van der Waals surface area (Å²) >= 11 is 0. The number of pyridine rings is 1. The quantitative estimate of drug-likeness (QED) is 0.860. The molecule has 1 aliphatic rings. The number of nitrogens with zero attached hydrogens (tertiary/aromatic N) is 1. The van der Waals surface area contributed by atoms with Gasteiger partial charge >= 0.3 is 0 Å². The van der Waals surface area contributed by atoms with Crippen molar-refractivity contribution in [2.45, 2.75) is 6.92 Å². The number of nitrogens with one attached hydrogen (secondary N) is 1. The van der Waals surface area contributed by atoms with Crippen LogP contribution in [0.5, 0.6) is 5.88 Å². The van der Waals surface area contributed by atoms with Gasteiger partial charge in [0.15, 0.2) is 0 Å². The molecule has 2 heterocycles. The van der Waals surface area contributed by atoms with Crippen LogP contribution < -0.4 is 15.8 Å². The molecule has 1 aliphatic heterocycles. The molecule has 5 heteroatoms. The van der Waals surface area contributed by atoms with Gasteiger partial charge in [-0.2, -0.15) is 0 Å². The number of allylic oxidation sites excluding steroid dienone is 4. The number of methoxy groups -OCH3 is 1. The molecule has 2 rings (SSSR count). The van der Waals surface area contributed by atoms with E-state index in [1.807, 2.05) is 24.3 Å². The summed E-state index contributed by atoms with van der Waals surface area (Å²) in [5, 5.41) is 3.06. The van der Waals surface area contributed by atoms with Crippen molar-refractivity contribution in [1.29, 1.82) is 0 Å². The molecule has 0 fully saturated rings. The summed E-state index contributed by atoms with van der Waals surface area (Å²) < 4.78 is 5.14. The van der Waals surface area contributed by atoms with E-state index in [9.17, 15) is 4.79 Å². The molecule has 98 valence electrons. The van der Waals surface area contributed by atoms with Gasteiger partial charge in [0.2, 0.25) is 5.88 Å². The number of carbonyl (C=O) groups is 1. The van der Waals surface area contributed by atoms with Crippen molar-refractivity contribution >= 4 is 11.6 Å². The zero-order valence-electron chi connectivity index (χ0n) is 10.8. The van der Waals surface area contributed by atoms with Crippen LogP contribution in [0.2, 0.25) is 0 Å². The Hall–Kier alpha value is -2.56. The number of nitrogens with two attached hydrogens (primary N) is 1. The Kier molecular flexibility index (Phi) is 3.66. The summed E-state index contributed by atoms with van der Waals surface area (Å²) in [6.45, 7) is 1.80. The van der Waals surface area contributed by atoms with Gasteiger partial charge in [0.05, 0.1) is 18.4 Å². The van der Waals surface area contributed by atoms with Crippen molar-refractivity contribution in [3.63, 3.8) is 0 Å². The van der Waals surface area contributed by atoms with E-state index in [0.29, 0.717) is 22.8 Å². The predicted octanol–water partition coefficient (Wildman–Crippen LogP) is 1.51. The molecule has 1 amide bonds. The molecule has 0 unspecified atom stereocenters. The molecule has 5 nitrogen and oxygen atoms in total. The maximum atomic E-state index is 11.6. The van der Waals surface area contributed by atoms with E-state index in [1.54, 1.807) is 19.2 Å². The van der Waals surface area contributed by atoms with Gasteiger partial charge in [-0.25, -0.2) is 4.98 Å². The largest absolute Gasteiger partial charge is 0.481 e. The average Bonchev–Trinajstić information content (AvgIpc) is 2.65. The van der Waals surface area contributed by atoms with Crippen LogP contribution in [0.25, 0.3) is 5.70 Å². The molecule has 0 spiro atoms. The van der Waals surface area contributed by atoms with Crippen molar-refractivity contribution in [2.24, 2.45) is 5.73 Å². The molecule has 0 aromatic carbocycles. The Bertz CT molecular complexity index is 601. The zero-order chi connectivity index (χ0) is 13.8. The molecule has 0 bridgehead atoms. The lowest BCUT2D eigenvalue weighted by atomic mass is 10.0. The predicted molar refractivity (Wildman–Crippen MR) is 73.4 cm³/mol. The van der Waals surface area contributed by atoms with Crippen LogP contribution in [0.3, 0.4) is 0 Å². The molecule has 1 aromatic rings. The second-order valence-electron chi connectivity index (χ2n) is 4.04. The first-order valence-electron chi connectivity index (χ1n) is 5.79. The molecule has 1 aromatic heterocycles. The van der Waals surface area contributed by atoms with E-state index in [4.69, 9.17) is 10.5 Å². The van der Waals surface area contributed by atoms with Gasteiger partial charge in [-0.05, 0) is 24.6 Å². The molecular weight excluding hydrogens is 242 g/mol. The summed E-state index contributed by atoms with van der Waals surface area (Å²) in [4.78, 5) is 15.9. The Morgan fingerprint density at radius 2 is 2.16 bits per heavy atom. The normalized spacial score (nSPS) is 13.5. The van der Waals surface area contributed by atoms with Gasteiger partial charge in [-0.3, -0.25) is 4.79 Å². The highest BCUT2D eigenvalue weighted by molar-refractivity contribution is 5.98. The van der Waals surface area contributed by atoms with Crippen LogP contribution in [0, 0.1) is 6.92 Å². The van der Waals surface area contributed by atoms with Crippen LogP contribution >= 0.6 is 0 Å². The number of hydrogen-bond donors (Lipinski definition) is 2. The van der Waals surface area contributed by atoms with E-state index < -0.39 is 5.91 Å². The third-order valence-electron chi connectivity index (χ3n) is 2.72. The topological polar surface area (TPSA) is 77.2 Å². The van der Waals surface area contributed by atoms with E-state index in [1.165, 1.54) is 7.11 Å². The van der Waals surface area contributed by atoms with Crippen molar-refractivity contribution < 1.29 is 9.53 Å². The Morgan fingerprint density at radius 1 is 1.37 bits per heavy atom. The van der Waals surface area contributed by atoms with Gasteiger partial charge in [-0.15, -0.1) is 0 Å². The summed E-state index contributed by atoms with van der Waals surface area (Å²) in [7, 11) is 1.53. The number of carbonyl (C=O) groups excluding carboxylic acids is 1. The lowest BCUT2D eigenvalue weighted by Crippen LogP contribution is -2.19. The first kappa shape index (κ1) is 12.9.